The van der Waals surface area contributed by atoms with Gasteiger partial charge in [-0.3, -0.25) is 0 Å². The highest BCUT2D eigenvalue weighted by Gasteiger charge is 2.41. The number of aryl methyl sites for hydroxylation is 1. The largest absolute Gasteiger partial charge is 0.488 e. The molecular formula is C14H20BrNO3. The molecule has 1 fully saturated rings. The summed E-state index contributed by atoms with van der Waals surface area (Å²) in [5.41, 5.74) is 7.10. The Morgan fingerprint density at radius 1 is 1.37 bits per heavy atom. The summed E-state index contributed by atoms with van der Waals surface area (Å²) in [6, 6.07) is 6.01. The topological polar surface area (TPSA) is 53.7 Å². The van der Waals surface area contributed by atoms with Crippen molar-refractivity contribution in [1.82, 2.24) is 0 Å². The molecule has 0 amide bonds. The Morgan fingerprint density at radius 2 is 2.16 bits per heavy atom. The molecule has 4 nitrogen and oxygen atoms in total. The predicted octanol–water partition coefficient (Wildman–Crippen LogP) is 2.27. The Balaban J connectivity index is 1.89. The number of benzene rings is 1. The van der Waals surface area contributed by atoms with Crippen LogP contribution >= 0.6 is 15.9 Å². The second-order valence-electron chi connectivity index (χ2n) is 4.80. The maximum atomic E-state index is 5.95. The Labute approximate surface area is 122 Å². The second-order valence-corrected chi connectivity index (χ2v) is 5.65. The van der Waals surface area contributed by atoms with E-state index < -0.39 is 0 Å². The van der Waals surface area contributed by atoms with E-state index >= 15 is 0 Å². The van der Waals surface area contributed by atoms with E-state index in [2.05, 4.69) is 15.9 Å². The molecule has 1 saturated carbocycles. The van der Waals surface area contributed by atoms with Crippen LogP contribution in [-0.4, -0.2) is 38.6 Å². The van der Waals surface area contributed by atoms with Crippen molar-refractivity contribution in [2.45, 2.75) is 31.6 Å². The maximum Gasteiger partial charge on any atom is 0.128 e. The SMILES string of the molecule is COCCOC1C(N)CC1Oc1ccc(Br)c(C)c1. The van der Waals surface area contributed by atoms with E-state index in [4.69, 9.17) is 19.9 Å². The third-order valence-corrected chi connectivity index (χ3v) is 4.20. The summed E-state index contributed by atoms with van der Waals surface area (Å²) in [7, 11) is 1.66. The number of rotatable bonds is 6. The lowest BCUT2D eigenvalue weighted by Gasteiger charge is -2.41. The van der Waals surface area contributed by atoms with Crippen LogP contribution in [0.3, 0.4) is 0 Å². The highest BCUT2D eigenvalue weighted by Crippen LogP contribution is 2.29. The van der Waals surface area contributed by atoms with E-state index in [1.807, 2.05) is 25.1 Å². The summed E-state index contributed by atoms with van der Waals surface area (Å²) < 4.78 is 17.7. The van der Waals surface area contributed by atoms with Crippen molar-refractivity contribution >= 4 is 15.9 Å². The van der Waals surface area contributed by atoms with Crippen LogP contribution < -0.4 is 10.5 Å². The molecule has 2 rings (SSSR count). The van der Waals surface area contributed by atoms with E-state index in [1.54, 1.807) is 7.11 Å². The average molecular weight is 330 g/mol. The predicted molar refractivity (Wildman–Crippen MR) is 77.5 cm³/mol. The fraction of sp³-hybridized carbons (Fsp3) is 0.571. The minimum Gasteiger partial charge on any atom is -0.488 e. The van der Waals surface area contributed by atoms with Crippen molar-refractivity contribution in [2.24, 2.45) is 5.73 Å². The van der Waals surface area contributed by atoms with Crippen LogP contribution in [0.15, 0.2) is 22.7 Å². The van der Waals surface area contributed by atoms with Gasteiger partial charge in [0.15, 0.2) is 0 Å². The fourth-order valence-electron chi connectivity index (χ4n) is 2.10. The molecule has 19 heavy (non-hydrogen) atoms. The lowest BCUT2D eigenvalue weighted by molar-refractivity contribution is -0.107. The van der Waals surface area contributed by atoms with Crippen LogP contribution in [-0.2, 0) is 9.47 Å². The zero-order valence-corrected chi connectivity index (χ0v) is 12.9. The van der Waals surface area contributed by atoms with Crippen LogP contribution in [0.25, 0.3) is 0 Å². The van der Waals surface area contributed by atoms with Crippen molar-refractivity contribution in [3.63, 3.8) is 0 Å². The Bertz CT molecular complexity index is 427. The molecule has 1 aromatic carbocycles. The van der Waals surface area contributed by atoms with Crippen LogP contribution in [0.1, 0.15) is 12.0 Å². The van der Waals surface area contributed by atoms with Crippen LogP contribution in [0.4, 0.5) is 0 Å². The zero-order chi connectivity index (χ0) is 13.8. The molecule has 0 bridgehead atoms. The molecule has 0 saturated heterocycles. The second kappa shape index (κ2) is 6.70. The molecule has 0 aliphatic heterocycles. The Hall–Kier alpha value is -0.620. The first-order valence-electron chi connectivity index (χ1n) is 6.40. The zero-order valence-electron chi connectivity index (χ0n) is 11.3. The molecule has 0 spiro atoms. The molecule has 0 aromatic heterocycles. The van der Waals surface area contributed by atoms with Gasteiger partial charge in [0.1, 0.15) is 18.0 Å². The first-order chi connectivity index (χ1) is 9.11. The molecule has 1 aromatic rings. The van der Waals surface area contributed by atoms with Crippen LogP contribution in [0, 0.1) is 6.92 Å². The van der Waals surface area contributed by atoms with Gasteiger partial charge in [-0.1, -0.05) is 15.9 Å². The molecule has 0 radical (unpaired) electrons. The summed E-state index contributed by atoms with van der Waals surface area (Å²) in [5.74, 6) is 0.859. The smallest absolute Gasteiger partial charge is 0.128 e. The van der Waals surface area contributed by atoms with E-state index in [0.717, 1.165) is 22.2 Å². The number of halogens is 1. The van der Waals surface area contributed by atoms with Gasteiger partial charge in [-0.25, -0.2) is 0 Å². The number of ether oxygens (including phenoxy) is 3. The Morgan fingerprint density at radius 3 is 2.79 bits per heavy atom. The molecule has 1 aliphatic carbocycles. The lowest BCUT2D eigenvalue weighted by atomic mass is 9.86. The molecule has 0 heterocycles. The molecular weight excluding hydrogens is 310 g/mol. The molecule has 2 N–H and O–H groups in total. The summed E-state index contributed by atoms with van der Waals surface area (Å²) >= 11 is 3.48. The first kappa shape index (κ1) is 14.8. The molecule has 3 atom stereocenters. The van der Waals surface area contributed by atoms with Gasteiger partial charge < -0.3 is 19.9 Å². The molecule has 1 aliphatic rings. The van der Waals surface area contributed by atoms with Gasteiger partial charge in [-0.2, -0.15) is 0 Å². The van der Waals surface area contributed by atoms with Crippen LogP contribution in [0.5, 0.6) is 5.75 Å². The summed E-state index contributed by atoms with van der Waals surface area (Å²) in [6.45, 7) is 3.16. The highest BCUT2D eigenvalue weighted by molar-refractivity contribution is 9.10. The number of methoxy groups -OCH3 is 1. The van der Waals surface area contributed by atoms with Crippen molar-refractivity contribution in [2.75, 3.05) is 20.3 Å². The Kier molecular flexibility index (Phi) is 5.21. The van der Waals surface area contributed by atoms with E-state index in [0.29, 0.717) is 13.2 Å². The summed E-state index contributed by atoms with van der Waals surface area (Å²) in [6.07, 6.45) is 0.818. The standard InChI is InChI=1S/C14H20BrNO3/c1-9-7-10(3-4-11(9)15)19-13-8-12(16)14(13)18-6-5-17-2/h3-4,7,12-14H,5-6,8,16H2,1-2H3. The van der Waals surface area contributed by atoms with Gasteiger partial charge in [-0.05, 0) is 30.7 Å². The fourth-order valence-corrected chi connectivity index (χ4v) is 2.34. The van der Waals surface area contributed by atoms with Crippen molar-refractivity contribution in [3.8, 4) is 5.75 Å². The van der Waals surface area contributed by atoms with Gasteiger partial charge in [0, 0.05) is 24.0 Å². The van der Waals surface area contributed by atoms with Crippen molar-refractivity contribution in [1.29, 1.82) is 0 Å². The summed E-state index contributed by atoms with van der Waals surface area (Å²) in [4.78, 5) is 0. The summed E-state index contributed by atoms with van der Waals surface area (Å²) in [5, 5.41) is 0. The lowest BCUT2D eigenvalue weighted by Crippen LogP contribution is -2.59. The van der Waals surface area contributed by atoms with E-state index in [1.165, 1.54) is 0 Å². The van der Waals surface area contributed by atoms with Gasteiger partial charge in [-0.15, -0.1) is 0 Å². The van der Waals surface area contributed by atoms with Crippen LogP contribution in [0.2, 0.25) is 0 Å². The maximum absolute atomic E-state index is 5.95. The monoisotopic (exact) mass is 329 g/mol. The van der Waals surface area contributed by atoms with Crippen molar-refractivity contribution < 1.29 is 14.2 Å². The number of nitrogens with two attached hydrogens (primary N) is 1. The van der Waals surface area contributed by atoms with Crippen molar-refractivity contribution in [3.05, 3.63) is 28.2 Å². The quantitative estimate of drug-likeness (QED) is 0.813. The molecule has 3 unspecified atom stereocenters. The third kappa shape index (κ3) is 3.69. The normalized spacial score (nSPS) is 26.0. The first-order valence-corrected chi connectivity index (χ1v) is 7.20. The van der Waals surface area contributed by atoms with Gasteiger partial charge in [0.2, 0.25) is 0 Å². The van der Waals surface area contributed by atoms with Gasteiger partial charge in [0.05, 0.1) is 13.2 Å². The van der Waals surface area contributed by atoms with Gasteiger partial charge >= 0.3 is 0 Å². The minimum absolute atomic E-state index is 0.0347. The van der Waals surface area contributed by atoms with E-state index in [-0.39, 0.29) is 18.2 Å². The number of hydrogen-bond acceptors (Lipinski definition) is 4. The number of hydrogen-bond donors (Lipinski definition) is 1. The highest BCUT2D eigenvalue weighted by atomic mass is 79.9. The molecule has 106 valence electrons. The third-order valence-electron chi connectivity index (χ3n) is 3.31. The minimum atomic E-state index is -0.0425. The van der Waals surface area contributed by atoms with Gasteiger partial charge in [0.25, 0.3) is 0 Å². The molecule has 5 heteroatoms. The average Bonchev–Trinajstić information content (AvgIpc) is 2.38. The van der Waals surface area contributed by atoms with E-state index in [9.17, 15) is 0 Å².